The molecule has 2 N–H and O–H groups in total. The highest BCUT2D eigenvalue weighted by atomic mass is 32.2. The number of hydrogen-bond donors (Lipinski definition) is 2. The first-order valence-electron chi connectivity index (χ1n) is 2.76. The Morgan fingerprint density at radius 1 is 1.58 bits per heavy atom. The van der Waals surface area contributed by atoms with Crippen molar-refractivity contribution < 1.29 is 18.0 Å². The van der Waals surface area contributed by atoms with Gasteiger partial charge in [0.2, 0.25) is 0 Å². The number of hydrazine groups is 2. The number of carbonyl (C=O) groups is 2. The van der Waals surface area contributed by atoms with Crippen LogP contribution in [-0.4, -0.2) is 31.9 Å². The van der Waals surface area contributed by atoms with Crippen LogP contribution in [0.3, 0.4) is 0 Å². The van der Waals surface area contributed by atoms with Crippen LogP contribution in [0.5, 0.6) is 0 Å². The summed E-state index contributed by atoms with van der Waals surface area (Å²) in [5.41, 5.74) is 4.21. The normalized spacial score (nSPS) is 15.7. The largest absolute Gasteiger partial charge is 0.374 e. The van der Waals surface area contributed by atoms with Gasteiger partial charge in [-0.1, -0.05) is 4.36 Å². The van der Waals surface area contributed by atoms with E-state index in [4.69, 9.17) is 0 Å². The van der Waals surface area contributed by atoms with E-state index in [1.54, 1.807) is 0 Å². The minimum Gasteiger partial charge on any atom is -0.272 e. The highest BCUT2D eigenvalue weighted by Gasteiger charge is 2.23. The average Bonchev–Trinajstić information content (AvgIpc) is 2.34. The maximum atomic E-state index is 10.7. The van der Waals surface area contributed by atoms with Crippen LogP contribution in [0.2, 0.25) is 0 Å². The van der Waals surface area contributed by atoms with Crippen LogP contribution in [-0.2, 0) is 15.3 Å². The number of urea groups is 1. The van der Waals surface area contributed by atoms with Gasteiger partial charge in [0, 0.05) is 0 Å². The van der Waals surface area contributed by atoms with E-state index < -0.39 is 22.4 Å². The zero-order chi connectivity index (χ0) is 9.14. The standard InChI is InChI=1S/C3H4N4O4S/c8-2-1-7(6-4-2)3(9)5-12(10)11/h6H,1H2,(H,4,8). The first-order chi connectivity index (χ1) is 5.59. The van der Waals surface area contributed by atoms with Gasteiger partial charge in [-0.3, -0.25) is 10.2 Å². The molecule has 0 atom stereocenters. The minimum atomic E-state index is -2.80. The molecule has 0 unspecified atom stereocenters. The topological polar surface area (TPSA) is 108 Å². The third-order valence-corrected chi connectivity index (χ3v) is 1.32. The van der Waals surface area contributed by atoms with Gasteiger partial charge in [-0.25, -0.2) is 9.80 Å². The average molecular weight is 192 g/mol. The third kappa shape index (κ3) is 2.00. The van der Waals surface area contributed by atoms with Crippen LogP contribution in [0.1, 0.15) is 0 Å². The Bertz CT molecular complexity index is 337. The lowest BCUT2D eigenvalue weighted by Crippen LogP contribution is -2.39. The summed E-state index contributed by atoms with van der Waals surface area (Å²) < 4.78 is 22.4. The molecule has 0 bridgehead atoms. The monoisotopic (exact) mass is 192 g/mol. The molecule has 0 aromatic carbocycles. The van der Waals surface area contributed by atoms with Crippen LogP contribution in [0.4, 0.5) is 4.79 Å². The molecule has 1 aliphatic heterocycles. The third-order valence-electron chi connectivity index (χ3n) is 1.02. The Kier molecular flexibility index (Phi) is 2.35. The highest BCUT2D eigenvalue weighted by Crippen LogP contribution is 1.91. The quantitative estimate of drug-likeness (QED) is 0.462. The fraction of sp³-hybridized carbons (Fsp3) is 0.333. The molecule has 1 saturated heterocycles. The molecule has 1 aliphatic rings. The Balaban J connectivity index is 2.67. The number of carbonyl (C=O) groups excluding carboxylic acids is 2. The summed E-state index contributed by atoms with van der Waals surface area (Å²) in [6.45, 7) is -0.250. The molecular weight excluding hydrogens is 188 g/mol. The van der Waals surface area contributed by atoms with Crippen molar-refractivity contribution in [3.8, 4) is 0 Å². The number of nitrogens with one attached hydrogen (secondary N) is 2. The van der Waals surface area contributed by atoms with E-state index >= 15 is 0 Å². The van der Waals surface area contributed by atoms with E-state index in [1.807, 2.05) is 0 Å². The van der Waals surface area contributed by atoms with Gasteiger partial charge in [-0.05, 0) is 0 Å². The van der Waals surface area contributed by atoms with Crippen molar-refractivity contribution in [3.63, 3.8) is 0 Å². The highest BCUT2D eigenvalue weighted by molar-refractivity contribution is 7.62. The SMILES string of the molecule is O=C1CN(C(=O)N=S(=O)=O)NN1. The van der Waals surface area contributed by atoms with E-state index in [2.05, 4.69) is 15.3 Å². The molecule has 9 heteroatoms. The molecule has 0 aliphatic carbocycles. The molecule has 0 aromatic heterocycles. The van der Waals surface area contributed by atoms with Gasteiger partial charge in [0.25, 0.3) is 5.91 Å². The Labute approximate surface area is 68.2 Å². The van der Waals surface area contributed by atoms with Crippen LogP contribution in [0.15, 0.2) is 4.36 Å². The molecule has 3 amide bonds. The van der Waals surface area contributed by atoms with E-state index in [-0.39, 0.29) is 6.54 Å². The number of rotatable bonds is 0. The van der Waals surface area contributed by atoms with Crippen molar-refractivity contribution in [1.29, 1.82) is 0 Å². The number of amides is 3. The first-order valence-corrected chi connectivity index (χ1v) is 3.80. The van der Waals surface area contributed by atoms with E-state index in [0.29, 0.717) is 0 Å². The first kappa shape index (κ1) is 8.62. The van der Waals surface area contributed by atoms with Gasteiger partial charge in [-0.2, -0.15) is 8.42 Å². The second kappa shape index (κ2) is 3.28. The fourth-order valence-electron chi connectivity index (χ4n) is 0.581. The van der Waals surface area contributed by atoms with Crippen LogP contribution in [0.25, 0.3) is 0 Å². The number of nitrogens with zero attached hydrogens (tertiary/aromatic N) is 2. The molecule has 0 aromatic rings. The number of hydrogen-bond acceptors (Lipinski definition) is 5. The van der Waals surface area contributed by atoms with Gasteiger partial charge in [0.15, 0.2) is 0 Å². The lowest BCUT2D eigenvalue weighted by atomic mass is 10.6. The minimum absolute atomic E-state index is 0.250. The zero-order valence-electron chi connectivity index (χ0n) is 5.64. The van der Waals surface area contributed by atoms with Gasteiger partial charge in [0.1, 0.15) is 6.54 Å². The maximum absolute atomic E-state index is 10.7. The summed E-state index contributed by atoms with van der Waals surface area (Å²) in [5, 5.41) is 0.734. The molecule has 12 heavy (non-hydrogen) atoms. The summed E-state index contributed by atoms with van der Waals surface area (Å²) in [6, 6.07) is -1.04. The van der Waals surface area contributed by atoms with Crippen LogP contribution >= 0.6 is 0 Å². The predicted molar refractivity (Wildman–Crippen MR) is 34.7 cm³/mol. The Hall–Kier alpha value is -1.48. The lowest BCUT2D eigenvalue weighted by molar-refractivity contribution is -0.118. The summed E-state index contributed by atoms with van der Waals surface area (Å²) in [6.07, 6.45) is 0. The molecule has 0 spiro atoms. The van der Waals surface area contributed by atoms with Crippen LogP contribution in [0, 0.1) is 0 Å². The maximum Gasteiger partial charge on any atom is 0.374 e. The van der Waals surface area contributed by atoms with Crippen molar-refractivity contribution in [2.45, 2.75) is 0 Å². The van der Waals surface area contributed by atoms with Crippen molar-refractivity contribution in [2.24, 2.45) is 4.36 Å². The van der Waals surface area contributed by atoms with Gasteiger partial charge in [-0.15, -0.1) is 5.53 Å². The van der Waals surface area contributed by atoms with Crippen molar-refractivity contribution in [3.05, 3.63) is 0 Å². The Morgan fingerprint density at radius 2 is 2.25 bits per heavy atom. The van der Waals surface area contributed by atoms with Crippen molar-refractivity contribution in [1.82, 2.24) is 16.0 Å². The zero-order valence-corrected chi connectivity index (χ0v) is 6.46. The molecule has 0 radical (unpaired) electrons. The Morgan fingerprint density at radius 3 is 2.67 bits per heavy atom. The smallest absolute Gasteiger partial charge is 0.272 e. The van der Waals surface area contributed by atoms with Crippen LogP contribution < -0.4 is 11.0 Å². The summed E-state index contributed by atoms with van der Waals surface area (Å²) >= 11 is 0. The molecule has 1 rings (SSSR count). The van der Waals surface area contributed by atoms with Gasteiger partial charge >= 0.3 is 16.5 Å². The van der Waals surface area contributed by atoms with Gasteiger partial charge in [0.05, 0.1) is 0 Å². The second-order valence-corrected chi connectivity index (χ2v) is 2.45. The van der Waals surface area contributed by atoms with E-state index in [9.17, 15) is 18.0 Å². The summed E-state index contributed by atoms with van der Waals surface area (Å²) in [7, 11) is -2.80. The summed E-state index contributed by atoms with van der Waals surface area (Å²) in [5.74, 6) is -0.435. The van der Waals surface area contributed by atoms with Gasteiger partial charge < -0.3 is 0 Å². The second-order valence-electron chi connectivity index (χ2n) is 1.84. The molecule has 1 heterocycles. The molecule has 0 saturated carbocycles. The van der Waals surface area contributed by atoms with Crippen molar-refractivity contribution >= 4 is 22.4 Å². The fourth-order valence-corrected chi connectivity index (χ4v) is 0.807. The molecule has 66 valence electrons. The lowest BCUT2D eigenvalue weighted by Gasteiger charge is -2.06. The molecular formula is C3H4N4O4S. The predicted octanol–water partition coefficient (Wildman–Crippen LogP) is -1.98. The molecule has 8 nitrogen and oxygen atoms in total. The molecule has 1 fully saturated rings. The van der Waals surface area contributed by atoms with E-state index in [1.165, 1.54) is 0 Å². The van der Waals surface area contributed by atoms with Crippen molar-refractivity contribution in [2.75, 3.05) is 6.54 Å². The van der Waals surface area contributed by atoms with E-state index in [0.717, 1.165) is 5.01 Å². The summed E-state index contributed by atoms with van der Waals surface area (Å²) in [4.78, 5) is 21.2.